The van der Waals surface area contributed by atoms with Gasteiger partial charge in [-0.05, 0) is 66.9 Å². The molecule has 7 heteroatoms. The van der Waals surface area contributed by atoms with Crippen molar-refractivity contribution in [1.82, 2.24) is 4.90 Å². The Hall–Kier alpha value is -1.73. The standard InChI is InChI=1S/C23H34N2O4S/c1-21(2,3)29-20(26)25-13-11-23(12-14-25)15-17-16(9-8-10-18(17)28-7)19(23)24-30(27)22(4,5)6/h8-10H,11-15H2,1-7H3. The number of carbonyl (C=O) groups is 1. The monoisotopic (exact) mass is 434 g/mol. The maximum atomic E-state index is 12.9. The number of nitrogens with zero attached hydrogens (tertiary/aromatic N) is 2. The third kappa shape index (κ3) is 4.62. The van der Waals surface area contributed by atoms with Gasteiger partial charge in [0.1, 0.15) is 33.2 Å². The minimum Gasteiger partial charge on any atom is -0.591 e. The minimum atomic E-state index is -1.36. The van der Waals surface area contributed by atoms with Crippen LogP contribution in [0.5, 0.6) is 5.75 Å². The van der Waals surface area contributed by atoms with Gasteiger partial charge in [0.05, 0.1) is 7.11 Å². The third-order valence-electron chi connectivity index (χ3n) is 5.70. The van der Waals surface area contributed by atoms with E-state index in [0.29, 0.717) is 13.1 Å². The van der Waals surface area contributed by atoms with E-state index >= 15 is 0 Å². The van der Waals surface area contributed by atoms with Crippen molar-refractivity contribution in [3.8, 4) is 5.75 Å². The van der Waals surface area contributed by atoms with Crippen molar-refractivity contribution in [2.75, 3.05) is 20.2 Å². The van der Waals surface area contributed by atoms with Crippen molar-refractivity contribution in [1.29, 1.82) is 0 Å². The second-order valence-corrected chi connectivity index (χ2v) is 12.1. The molecule has 1 unspecified atom stereocenters. The Balaban J connectivity index is 1.92. The Kier molecular flexibility index (Phi) is 6.18. The van der Waals surface area contributed by atoms with E-state index in [4.69, 9.17) is 13.9 Å². The highest BCUT2D eigenvalue weighted by Crippen LogP contribution is 2.48. The van der Waals surface area contributed by atoms with Crippen LogP contribution < -0.4 is 4.74 Å². The molecule has 6 nitrogen and oxygen atoms in total. The summed E-state index contributed by atoms with van der Waals surface area (Å²) in [6.45, 7) is 12.6. The third-order valence-corrected chi connectivity index (χ3v) is 7.09. The molecule has 0 saturated carbocycles. The molecule has 0 bridgehead atoms. The highest BCUT2D eigenvalue weighted by atomic mass is 32.2. The molecule has 2 aliphatic rings. The van der Waals surface area contributed by atoms with Gasteiger partial charge in [-0.2, -0.15) is 0 Å². The summed E-state index contributed by atoms with van der Waals surface area (Å²) < 4.78 is 28.4. The zero-order valence-corrected chi connectivity index (χ0v) is 20.0. The van der Waals surface area contributed by atoms with Crippen LogP contribution >= 0.6 is 0 Å². The molecular weight excluding hydrogens is 400 g/mol. The molecule has 3 rings (SSSR count). The lowest BCUT2D eigenvalue weighted by molar-refractivity contribution is 0.0159. The van der Waals surface area contributed by atoms with E-state index in [-0.39, 0.29) is 11.5 Å². The first-order valence-corrected chi connectivity index (χ1v) is 11.6. The number of likely N-dealkylation sites (tertiary alicyclic amines) is 1. The Labute approximate surface area is 183 Å². The summed E-state index contributed by atoms with van der Waals surface area (Å²) in [6.07, 6.45) is 2.02. The first-order valence-electron chi connectivity index (χ1n) is 10.5. The molecule has 0 radical (unpaired) electrons. The van der Waals surface area contributed by atoms with Crippen LogP contribution in [-0.2, 0) is 22.5 Å². The van der Waals surface area contributed by atoms with Gasteiger partial charge in [0.2, 0.25) is 0 Å². The summed E-state index contributed by atoms with van der Waals surface area (Å²) in [5.74, 6) is 0.841. The van der Waals surface area contributed by atoms with Crippen molar-refractivity contribution in [2.45, 2.75) is 71.2 Å². The molecule has 30 heavy (non-hydrogen) atoms. The van der Waals surface area contributed by atoms with E-state index in [1.807, 2.05) is 59.7 Å². The van der Waals surface area contributed by atoms with Crippen LogP contribution in [0, 0.1) is 5.41 Å². The van der Waals surface area contributed by atoms with Crippen LogP contribution in [0.25, 0.3) is 0 Å². The van der Waals surface area contributed by atoms with Crippen LogP contribution in [0.3, 0.4) is 0 Å². The Morgan fingerprint density at radius 1 is 1.17 bits per heavy atom. The highest BCUT2D eigenvalue weighted by molar-refractivity contribution is 7.91. The topological polar surface area (TPSA) is 74.2 Å². The van der Waals surface area contributed by atoms with Gasteiger partial charge in [0.25, 0.3) is 0 Å². The second-order valence-electron chi connectivity index (χ2n) is 10.2. The molecule has 1 spiro atoms. The number of hydrogen-bond donors (Lipinski definition) is 0. The van der Waals surface area contributed by atoms with Crippen LogP contribution in [0.4, 0.5) is 4.79 Å². The number of ether oxygens (including phenoxy) is 2. The van der Waals surface area contributed by atoms with E-state index in [2.05, 4.69) is 0 Å². The van der Waals surface area contributed by atoms with Crippen molar-refractivity contribution in [2.24, 2.45) is 9.81 Å². The van der Waals surface area contributed by atoms with Gasteiger partial charge in [-0.15, -0.1) is 0 Å². The Morgan fingerprint density at radius 3 is 2.33 bits per heavy atom. The summed E-state index contributed by atoms with van der Waals surface area (Å²) in [4.78, 5) is 14.3. The molecular formula is C23H34N2O4S. The molecule has 1 aliphatic heterocycles. The number of carbonyl (C=O) groups excluding carboxylic acids is 1. The number of fused-ring (bicyclic) bond motifs is 1. The van der Waals surface area contributed by atoms with E-state index in [9.17, 15) is 9.35 Å². The first kappa shape index (κ1) is 22.9. The van der Waals surface area contributed by atoms with Crippen molar-refractivity contribution in [3.05, 3.63) is 29.3 Å². The quantitative estimate of drug-likeness (QED) is 0.642. The van der Waals surface area contributed by atoms with Gasteiger partial charge in [0.15, 0.2) is 0 Å². The van der Waals surface area contributed by atoms with Crippen LogP contribution in [0.15, 0.2) is 22.6 Å². The van der Waals surface area contributed by atoms with Gasteiger partial charge in [0, 0.05) is 29.6 Å². The molecule has 1 aliphatic carbocycles. The van der Waals surface area contributed by atoms with Crippen molar-refractivity contribution in [3.63, 3.8) is 0 Å². The predicted molar refractivity (Wildman–Crippen MR) is 121 cm³/mol. The molecule has 1 heterocycles. The average Bonchev–Trinajstić information content (AvgIpc) is 2.93. The number of rotatable bonds is 2. The summed E-state index contributed by atoms with van der Waals surface area (Å²) >= 11 is -1.36. The second kappa shape index (κ2) is 8.08. The van der Waals surface area contributed by atoms with E-state index in [1.165, 1.54) is 0 Å². The smallest absolute Gasteiger partial charge is 0.410 e. The number of hydrogen-bond acceptors (Lipinski definition) is 5. The summed E-state index contributed by atoms with van der Waals surface area (Å²) in [6, 6.07) is 5.97. The SMILES string of the molecule is COc1cccc2c1CC1(CCN(C(=O)OC(C)(C)C)CC1)C2=N[S+]([O-])C(C)(C)C. The summed E-state index contributed by atoms with van der Waals surface area (Å²) in [5.41, 5.74) is 2.29. The van der Waals surface area contributed by atoms with Crippen LogP contribution in [0.1, 0.15) is 65.5 Å². The van der Waals surface area contributed by atoms with E-state index in [1.54, 1.807) is 12.0 Å². The van der Waals surface area contributed by atoms with Gasteiger partial charge >= 0.3 is 6.09 Å². The molecule has 1 aromatic carbocycles. The lowest BCUT2D eigenvalue weighted by Crippen LogP contribution is -2.47. The summed E-state index contributed by atoms with van der Waals surface area (Å²) in [5, 5.41) is 0. The molecule has 1 amide bonds. The van der Waals surface area contributed by atoms with E-state index in [0.717, 1.165) is 41.9 Å². The highest BCUT2D eigenvalue weighted by Gasteiger charge is 2.49. The van der Waals surface area contributed by atoms with Crippen molar-refractivity contribution < 1.29 is 18.8 Å². The molecule has 1 saturated heterocycles. The average molecular weight is 435 g/mol. The number of benzene rings is 1. The molecule has 166 valence electrons. The summed E-state index contributed by atoms with van der Waals surface area (Å²) in [7, 11) is 1.68. The normalized spacial score (nSPS) is 20.9. The molecule has 0 N–H and O–H groups in total. The zero-order chi connectivity index (χ0) is 22.3. The number of piperidine rings is 1. The van der Waals surface area contributed by atoms with Crippen LogP contribution in [0.2, 0.25) is 0 Å². The first-order chi connectivity index (χ1) is 13.9. The lowest BCUT2D eigenvalue weighted by Gasteiger charge is -2.39. The maximum absolute atomic E-state index is 12.9. The lowest BCUT2D eigenvalue weighted by atomic mass is 9.74. The fourth-order valence-corrected chi connectivity index (χ4v) is 4.82. The van der Waals surface area contributed by atoms with Crippen LogP contribution in [-0.4, -0.2) is 51.8 Å². The predicted octanol–water partition coefficient (Wildman–Crippen LogP) is 4.52. The largest absolute Gasteiger partial charge is 0.591 e. The molecule has 0 aromatic heterocycles. The fraction of sp³-hybridized carbons (Fsp3) is 0.652. The minimum absolute atomic E-state index is 0.240. The van der Waals surface area contributed by atoms with Gasteiger partial charge in [-0.1, -0.05) is 16.5 Å². The maximum Gasteiger partial charge on any atom is 0.410 e. The van der Waals surface area contributed by atoms with Crippen molar-refractivity contribution >= 4 is 23.2 Å². The molecule has 1 atom stereocenters. The number of amides is 1. The molecule has 1 fully saturated rings. The van der Waals surface area contributed by atoms with Gasteiger partial charge in [-0.3, -0.25) is 0 Å². The molecule has 1 aromatic rings. The Morgan fingerprint density at radius 2 is 1.80 bits per heavy atom. The van der Waals surface area contributed by atoms with Gasteiger partial charge < -0.3 is 18.9 Å². The fourth-order valence-electron chi connectivity index (χ4n) is 4.09. The number of methoxy groups -OCH3 is 1. The Bertz CT molecular complexity index is 831. The van der Waals surface area contributed by atoms with E-state index < -0.39 is 21.7 Å². The zero-order valence-electron chi connectivity index (χ0n) is 19.2. The van der Waals surface area contributed by atoms with Gasteiger partial charge in [-0.25, -0.2) is 4.79 Å².